The van der Waals surface area contributed by atoms with Crippen molar-refractivity contribution in [2.24, 2.45) is 11.8 Å². The van der Waals surface area contributed by atoms with E-state index in [4.69, 9.17) is 9.47 Å². The fourth-order valence-electron chi connectivity index (χ4n) is 4.02. The maximum absolute atomic E-state index is 12.5. The number of unbranched alkanes of at least 4 members (excludes halogenated alkanes) is 10. The highest BCUT2D eigenvalue weighted by Crippen LogP contribution is 2.32. The summed E-state index contributed by atoms with van der Waals surface area (Å²) in [7, 11) is 0. The average molecular weight is 397 g/mol. The lowest BCUT2D eigenvalue weighted by Crippen LogP contribution is -2.35. The van der Waals surface area contributed by atoms with Gasteiger partial charge in [-0.25, -0.2) is 0 Å². The van der Waals surface area contributed by atoms with Crippen LogP contribution in [0.25, 0.3) is 0 Å². The van der Waals surface area contributed by atoms with Crippen molar-refractivity contribution in [2.45, 2.75) is 117 Å². The third kappa shape index (κ3) is 11.1. The SMILES string of the molecule is CCCCCCCCCCOC(=O)C1CCCCC1C(=O)OCCCCCC. The molecule has 0 spiro atoms. The van der Waals surface area contributed by atoms with Crippen molar-refractivity contribution in [3.8, 4) is 0 Å². The molecule has 4 heteroatoms. The number of carbonyl (C=O) groups excluding carboxylic acids is 2. The minimum absolute atomic E-state index is 0.185. The van der Waals surface area contributed by atoms with Crippen molar-refractivity contribution in [3.05, 3.63) is 0 Å². The van der Waals surface area contributed by atoms with E-state index in [1.165, 1.54) is 51.4 Å². The molecule has 0 aliphatic heterocycles. The fraction of sp³-hybridized carbons (Fsp3) is 0.917. The standard InChI is InChI=1S/C24H44O4/c1-3-5-7-9-10-11-12-16-20-28-24(26)22-18-14-13-17-21(22)23(25)27-19-15-8-6-4-2/h21-22H,3-20H2,1-2H3. The van der Waals surface area contributed by atoms with Crippen LogP contribution in [0.4, 0.5) is 0 Å². The predicted molar refractivity (Wildman–Crippen MR) is 114 cm³/mol. The van der Waals surface area contributed by atoms with Crippen molar-refractivity contribution in [2.75, 3.05) is 13.2 Å². The number of hydrogen-bond acceptors (Lipinski definition) is 4. The van der Waals surface area contributed by atoms with Gasteiger partial charge in [-0.1, -0.05) is 90.9 Å². The maximum Gasteiger partial charge on any atom is 0.309 e. The van der Waals surface area contributed by atoms with E-state index in [1.54, 1.807) is 0 Å². The third-order valence-corrected chi connectivity index (χ3v) is 5.86. The van der Waals surface area contributed by atoms with Gasteiger partial charge in [-0.2, -0.15) is 0 Å². The average Bonchev–Trinajstić information content (AvgIpc) is 2.72. The molecule has 2 unspecified atom stereocenters. The molecule has 1 aliphatic carbocycles. The minimum Gasteiger partial charge on any atom is -0.465 e. The second kappa shape index (κ2) is 16.9. The molecular weight excluding hydrogens is 352 g/mol. The fourth-order valence-corrected chi connectivity index (χ4v) is 4.02. The summed E-state index contributed by atoms with van der Waals surface area (Å²) in [4.78, 5) is 24.9. The lowest BCUT2D eigenvalue weighted by molar-refractivity contribution is -0.163. The third-order valence-electron chi connectivity index (χ3n) is 5.86. The number of hydrogen-bond donors (Lipinski definition) is 0. The molecule has 2 atom stereocenters. The van der Waals surface area contributed by atoms with E-state index < -0.39 is 0 Å². The molecule has 0 radical (unpaired) electrons. The highest BCUT2D eigenvalue weighted by atomic mass is 16.5. The summed E-state index contributed by atoms with van der Waals surface area (Å²) in [6.07, 6.45) is 17.7. The minimum atomic E-state index is -0.300. The van der Waals surface area contributed by atoms with E-state index in [-0.39, 0.29) is 23.8 Å². The Bertz CT molecular complexity index is 407. The van der Waals surface area contributed by atoms with Crippen molar-refractivity contribution < 1.29 is 19.1 Å². The number of ether oxygens (including phenoxy) is 2. The van der Waals surface area contributed by atoms with Gasteiger partial charge in [-0.05, 0) is 25.7 Å². The van der Waals surface area contributed by atoms with Crippen molar-refractivity contribution in [1.29, 1.82) is 0 Å². The number of carbonyl (C=O) groups is 2. The first-order chi connectivity index (χ1) is 13.7. The Kier molecular flexibility index (Phi) is 15.0. The van der Waals surface area contributed by atoms with Crippen LogP contribution in [0, 0.1) is 11.8 Å². The molecule has 0 bridgehead atoms. The molecule has 1 rings (SSSR count). The van der Waals surface area contributed by atoms with Crippen molar-refractivity contribution in [1.82, 2.24) is 0 Å². The first-order valence-electron chi connectivity index (χ1n) is 12.0. The van der Waals surface area contributed by atoms with Crippen LogP contribution in [0.3, 0.4) is 0 Å². The van der Waals surface area contributed by atoms with Gasteiger partial charge in [0.05, 0.1) is 25.0 Å². The van der Waals surface area contributed by atoms with E-state index in [0.29, 0.717) is 13.2 Å². The zero-order valence-corrected chi connectivity index (χ0v) is 18.5. The summed E-state index contributed by atoms with van der Waals surface area (Å²) >= 11 is 0. The van der Waals surface area contributed by atoms with Gasteiger partial charge >= 0.3 is 11.9 Å². The van der Waals surface area contributed by atoms with E-state index in [2.05, 4.69) is 13.8 Å². The lowest BCUT2D eigenvalue weighted by atomic mass is 9.79. The zero-order chi connectivity index (χ0) is 20.5. The van der Waals surface area contributed by atoms with Crippen molar-refractivity contribution >= 4 is 11.9 Å². The molecule has 1 aliphatic rings. The zero-order valence-electron chi connectivity index (χ0n) is 18.5. The Balaban J connectivity index is 2.20. The summed E-state index contributed by atoms with van der Waals surface area (Å²) in [6, 6.07) is 0. The van der Waals surface area contributed by atoms with Gasteiger partial charge in [0.25, 0.3) is 0 Å². The molecule has 0 aromatic carbocycles. The Hall–Kier alpha value is -1.06. The highest BCUT2D eigenvalue weighted by molar-refractivity contribution is 5.82. The van der Waals surface area contributed by atoms with Crippen LogP contribution >= 0.6 is 0 Å². The summed E-state index contributed by atoms with van der Waals surface area (Å²) in [5.74, 6) is -0.974. The predicted octanol–water partition coefficient (Wildman–Crippen LogP) is 6.60. The van der Waals surface area contributed by atoms with E-state index >= 15 is 0 Å². The number of esters is 2. The van der Waals surface area contributed by atoms with Crippen LogP contribution in [0.5, 0.6) is 0 Å². The van der Waals surface area contributed by atoms with Crippen LogP contribution in [0.15, 0.2) is 0 Å². The molecule has 0 amide bonds. The van der Waals surface area contributed by atoms with E-state index in [1.807, 2.05) is 0 Å². The number of rotatable bonds is 16. The summed E-state index contributed by atoms with van der Waals surface area (Å²) in [5.41, 5.74) is 0. The van der Waals surface area contributed by atoms with Gasteiger partial charge in [0.1, 0.15) is 0 Å². The smallest absolute Gasteiger partial charge is 0.309 e. The second-order valence-electron chi connectivity index (χ2n) is 8.37. The van der Waals surface area contributed by atoms with E-state index in [9.17, 15) is 9.59 Å². The Morgan fingerprint density at radius 1 is 0.607 bits per heavy atom. The largest absolute Gasteiger partial charge is 0.465 e. The molecule has 0 N–H and O–H groups in total. The normalized spacial score (nSPS) is 19.4. The van der Waals surface area contributed by atoms with Crippen LogP contribution in [-0.2, 0) is 19.1 Å². The van der Waals surface area contributed by atoms with Gasteiger partial charge < -0.3 is 9.47 Å². The molecule has 0 heterocycles. The molecule has 4 nitrogen and oxygen atoms in total. The molecule has 1 fully saturated rings. The van der Waals surface area contributed by atoms with Crippen LogP contribution in [-0.4, -0.2) is 25.2 Å². The summed E-state index contributed by atoms with van der Waals surface area (Å²) in [6.45, 7) is 5.37. The highest BCUT2D eigenvalue weighted by Gasteiger charge is 2.37. The molecular formula is C24H44O4. The maximum atomic E-state index is 12.5. The Labute approximate surface area is 173 Å². The Morgan fingerprint density at radius 3 is 1.39 bits per heavy atom. The van der Waals surface area contributed by atoms with Gasteiger partial charge in [0, 0.05) is 0 Å². The topological polar surface area (TPSA) is 52.6 Å². The van der Waals surface area contributed by atoms with Gasteiger partial charge in [0.15, 0.2) is 0 Å². The lowest BCUT2D eigenvalue weighted by Gasteiger charge is -2.28. The summed E-state index contributed by atoms with van der Waals surface area (Å²) in [5, 5.41) is 0. The Morgan fingerprint density at radius 2 is 0.964 bits per heavy atom. The monoisotopic (exact) mass is 396 g/mol. The van der Waals surface area contributed by atoms with Crippen LogP contribution < -0.4 is 0 Å². The molecule has 28 heavy (non-hydrogen) atoms. The van der Waals surface area contributed by atoms with Crippen molar-refractivity contribution in [3.63, 3.8) is 0 Å². The first-order valence-corrected chi connectivity index (χ1v) is 12.0. The van der Waals surface area contributed by atoms with Gasteiger partial charge in [-0.15, -0.1) is 0 Å². The summed E-state index contributed by atoms with van der Waals surface area (Å²) < 4.78 is 11.0. The quantitative estimate of drug-likeness (QED) is 0.218. The molecule has 0 aromatic heterocycles. The van der Waals surface area contributed by atoms with Crippen LogP contribution in [0.1, 0.15) is 117 Å². The van der Waals surface area contributed by atoms with E-state index in [0.717, 1.165) is 51.4 Å². The molecule has 1 saturated carbocycles. The van der Waals surface area contributed by atoms with Gasteiger partial charge in [-0.3, -0.25) is 9.59 Å². The van der Waals surface area contributed by atoms with Gasteiger partial charge in [0.2, 0.25) is 0 Å². The molecule has 0 saturated heterocycles. The molecule has 0 aromatic rings. The first kappa shape index (κ1) is 25.0. The molecule has 164 valence electrons. The second-order valence-corrected chi connectivity index (χ2v) is 8.37. The van der Waals surface area contributed by atoms with Crippen LogP contribution in [0.2, 0.25) is 0 Å².